The average molecular weight is 356 g/mol. The number of anilines is 1. The van der Waals surface area contributed by atoms with Crippen LogP contribution in [0.5, 0.6) is 0 Å². The number of hydrogen-bond donors (Lipinski definition) is 2. The number of nitrogens with two attached hydrogens (primary N) is 1. The van der Waals surface area contributed by atoms with Crippen molar-refractivity contribution in [2.75, 3.05) is 33.2 Å². The van der Waals surface area contributed by atoms with Gasteiger partial charge in [0.2, 0.25) is 5.52 Å². The van der Waals surface area contributed by atoms with Crippen molar-refractivity contribution < 1.29 is 38.3 Å². The highest BCUT2D eigenvalue weighted by Crippen LogP contribution is 2.20. The van der Waals surface area contributed by atoms with Gasteiger partial charge in [-0.2, -0.15) is 4.98 Å². The van der Waals surface area contributed by atoms with Crippen molar-refractivity contribution in [3.63, 3.8) is 0 Å². The second-order valence-electron chi connectivity index (χ2n) is 4.55. The number of carbonyl (C=O) groups excluding carboxylic acids is 2. The molecule has 0 spiro atoms. The van der Waals surface area contributed by atoms with Crippen LogP contribution in [0.15, 0.2) is 6.33 Å². The number of imidazole rings is 1. The first-order valence-electron chi connectivity index (χ1n) is 7.14. The van der Waals surface area contributed by atoms with Crippen molar-refractivity contribution in [1.29, 1.82) is 0 Å². The molecule has 0 radical (unpaired) electrons. The Morgan fingerprint density at radius 1 is 1.24 bits per heavy atom. The van der Waals surface area contributed by atoms with Crippen LogP contribution in [0.2, 0.25) is 0 Å². The number of carbonyl (C=O) groups is 2. The minimum atomic E-state index is -1.25. The van der Waals surface area contributed by atoms with Gasteiger partial charge in [0.05, 0.1) is 27.4 Å². The van der Waals surface area contributed by atoms with E-state index in [1.807, 2.05) is 0 Å². The molecule has 12 heteroatoms. The number of ether oxygens (including phenoxy) is 5. The lowest BCUT2D eigenvalue weighted by molar-refractivity contribution is -0.347. The highest BCUT2D eigenvalue weighted by Gasteiger charge is 2.26. The minimum Gasteiger partial charge on any atom is -0.438 e. The van der Waals surface area contributed by atoms with E-state index in [-0.39, 0.29) is 24.9 Å². The maximum absolute atomic E-state index is 11.4. The molecule has 0 fully saturated rings. The Hall–Kier alpha value is -3.15. The van der Waals surface area contributed by atoms with Crippen molar-refractivity contribution >= 4 is 29.3 Å². The van der Waals surface area contributed by atoms with Crippen molar-refractivity contribution in [3.05, 3.63) is 12.2 Å². The lowest BCUT2D eigenvalue weighted by Crippen LogP contribution is -2.19. The van der Waals surface area contributed by atoms with E-state index in [9.17, 15) is 9.59 Å². The molecule has 0 aliphatic rings. The maximum atomic E-state index is 11.4. The molecular weight excluding hydrogens is 338 g/mol. The third-order valence-corrected chi connectivity index (χ3v) is 2.90. The van der Waals surface area contributed by atoms with Crippen LogP contribution in [-0.2, 0) is 23.7 Å². The summed E-state index contributed by atoms with van der Waals surface area (Å²) in [5.41, 5.74) is 6.75. The Bertz CT molecular complexity index is 735. The van der Waals surface area contributed by atoms with Gasteiger partial charge in [-0.05, 0) is 0 Å². The van der Waals surface area contributed by atoms with Gasteiger partial charge in [0.15, 0.2) is 12.1 Å². The van der Waals surface area contributed by atoms with E-state index in [1.54, 1.807) is 0 Å². The third kappa shape index (κ3) is 4.91. The summed E-state index contributed by atoms with van der Waals surface area (Å²) in [7, 11) is 2.36. The van der Waals surface area contributed by atoms with Crippen LogP contribution in [0.3, 0.4) is 0 Å². The molecule has 0 saturated carbocycles. The van der Waals surface area contributed by atoms with Gasteiger partial charge in [-0.3, -0.25) is 4.98 Å². The van der Waals surface area contributed by atoms with Gasteiger partial charge in [0, 0.05) is 6.42 Å². The Kier molecular flexibility index (Phi) is 6.28. The van der Waals surface area contributed by atoms with Gasteiger partial charge < -0.3 is 29.4 Å². The molecule has 2 aromatic rings. The van der Waals surface area contributed by atoms with Crippen LogP contribution in [0, 0.1) is 0 Å². The van der Waals surface area contributed by atoms with Crippen LogP contribution in [0.1, 0.15) is 18.5 Å². The molecule has 2 aromatic heterocycles. The van der Waals surface area contributed by atoms with Crippen LogP contribution < -0.4 is 10.7 Å². The Balaban J connectivity index is 2.03. The predicted octanol–water partition coefficient (Wildman–Crippen LogP) is 0.326. The second kappa shape index (κ2) is 8.63. The van der Waals surface area contributed by atoms with Crippen LogP contribution in [0.25, 0.3) is 11.2 Å². The number of rotatable bonds is 7. The number of nitrogens with zero attached hydrogens (tertiary/aromatic N) is 2. The number of nitrogens with one attached hydrogen (secondary N) is 2. The fourth-order valence-corrected chi connectivity index (χ4v) is 1.79. The monoisotopic (exact) mass is 356 g/mol. The van der Waals surface area contributed by atoms with Gasteiger partial charge in [-0.25, -0.2) is 14.6 Å². The van der Waals surface area contributed by atoms with E-state index in [0.717, 1.165) is 7.11 Å². The molecule has 0 amide bonds. The van der Waals surface area contributed by atoms with E-state index >= 15 is 0 Å². The molecular formula is C13H18N5O7+. The standard InChI is InChI=1S/C13H17N5O7/c1-21-12(19)24-5-3-4-23-11(25-13(20)22-2)10-17-8(14)7-9(18-10)16-6-15-7/h6,11H,3-5H2,1-2H3,(H3,14,15,16,17,18)/p+1. The number of methoxy groups -OCH3 is 2. The molecule has 2 heterocycles. The zero-order valence-electron chi connectivity index (χ0n) is 13.6. The molecule has 0 aliphatic heterocycles. The highest BCUT2D eigenvalue weighted by molar-refractivity contribution is 5.78. The molecule has 0 bridgehead atoms. The minimum absolute atomic E-state index is 0.0279. The van der Waals surface area contributed by atoms with E-state index in [0.29, 0.717) is 17.6 Å². The number of aromatic amines is 2. The largest absolute Gasteiger partial charge is 0.510 e. The molecule has 4 N–H and O–H groups in total. The summed E-state index contributed by atoms with van der Waals surface area (Å²) < 4.78 is 23.9. The van der Waals surface area contributed by atoms with Crippen molar-refractivity contribution in [2.45, 2.75) is 12.7 Å². The lowest BCUT2D eigenvalue weighted by atomic mass is 10.4. The topological polar surface area (TPSA) is 162 Å². The SMILES string of the molecule is COC(=O)OCCCOC(OC(=O)OC)c1nc(N)c2[nH]c[nH+]c2n1. The van der Waals surface area contributed by atoms with Crippen molar-refractivity contribution in [3.8, 4) is 0 Å². The average Bonchev–Trinajstić information content (AvgIpc) is 3.09. The van der Waals surface area contributed by atoms with Gasteiger partial charge in [0.1, 0.15) is 0 Å². The van der Waals surface area contributed by atoms with Crippen LogP contribution in [0.4, 0.5) is 15.4 Å². The number of aromatic nitrogens is 4. The molecule has 0 aliphatic carbocycles. The Morgan fingerprint density at radius 3 is 2.72 bits per heavy atom. The molecule has 1 unspecified atom stereocenters. The molecule has 136 valence electrons. The normalized spacial score (nSPS) is 11.8. The van der Waals surface area contributed by atoms with Gasteiger partial charge in [-0.1, -0.05) is 4.98 Å². The summed E-state index contributed by atoms with van der Waals surface area (Å²) in [4.78, 5) is 36.2. The van der Waals surface area contributed by atoms with Gasteiger partial charge >= 0.3 is 18.0 Å². The zero-order valence-corrected chi connectivity index (χ0v) is 13.6. The van der Waals surface area contributed by atoms with Crippen LogP contribution in [-0.4, -0.2) is 54.7 Å². The van der Waals surface area contributed by atoms with Crippen molar-refractivity contribution in [1.82, 2.24) is 15.0 Å². The maximum Gasteiger partial charge on any atom is 0.510 e. The quantitative estimate of drug-likeness (QED) is 0.401. The first kappa shape index (κ1) is 18.2. The summed E-state index contributed by atoms with van der Waals surface area (Å²) in [5.74, 6) is 0.178. The fraction of sp³-hybridized carbons (Fsp3) is 0.462. The third-order valence-electron chi connectivity index (χ3n) is 2.90. The fourth-order valence-electron chi connectivity index (χ4n) is 1.79. The number of H-pyrrole nitrogens is 2. The number of nitrogen functional groups attached to an aromatic ring is 1. The number of fused-ring (bicyclic) bond motifs is 1. The molecule has 2 rings (SSSR count). The first-order chi connectivity index (χ1) is 12.0. The molecule has 0 saturated heterocycles. The van der Waals surface area contributed by atoms with E-state index < -0.39 is 18.6 Å². The summed E-state index contributed by atoms with van der Waals surface area (Å²) in [6.07, 6.45) is -1.17. The lowest BCUT2D eigenvalue weighted by Gasteiger charge is -2.14. The van der Waals surface area contributed by atoms with Gasteiger partial charge in [-0.15, -0.1) is 0 Å². The van der Waals surface area contributed by atoms with E-state index in [4.69, 9.17) is 19.9 Å². The van der Waals surface area contributed by atoms with E-state index in [1.165, 1.54) is 13.4 Å². The Morgan fingerprint density at radius 2 is 2.00 bits per heavy atom. The Labute approximate surface area is 141 Å². The number of hydrogen-bond acceptors (Lipinski definition) is 10. The molecule has 12 nitrogen and oxygen atoms in total. The summed E-state index contributed by atoms with van der Waals surface area (Å²) >= 11 is 0. The summed E-state index contributed by atoms with van der Waals surface area (Å²) in [6, 6.07) is 0. The van der Waals surface area contributed by atoms with E-state index in [2.05, 4.69) is 29.4 Å². The molecule has 25 heavy (non-hydrogen) atoms. The second-order valence-corrected chi connectivity index (χ2v) is 4.55. The molecule has 0 aromatic carbocycles. The predicted molar refractivity (Wildman–Crippen MR) is 80.0 cm³/mol. The van der Waals surface area contributed by atoms with Crippen molar-refractivity contribution in [2.24, 2.45) is 0 Å². The first-order valence-corrected chi connectivity index (χ1v) is 7.14. The summed E-state index contributed by atoms with van der Waals surface area (Å²) in [5, 5.41) is 0. The van der Waals surface area contributed by atoms with Crippen LogP contribution >= 0.6 is 0 Å². The molecule has 1 atom stereocenters. The zero-order chi connectivity index (χ0) is 18.2. The summed E-state index contributed by atoms with van der Waals surface area (Å²) in [6.45, 7) is 0.141. The van der Waals surface area contributed by atoms with Gasteiger partial charge in [0.25, 0.3) is 12.1 Å². The smallest absolute Gasteiger partial charge is 0.438 e. The highest BCUT2D eigenvalue weighted by atomic mass is 16.8.